The molecule has 0 saturated heterocycles. The van der Waals surface area contributed by atoms with Gasteiger partial charge in [-0.2, -0.15) is 0 Å². The summed E-state index contributed by atoms with van der Waals surface area (Å²) in [7, 11) is 0. The molecule has 0 bridgehead atoms. The lowest BCUT2D eigenvalue weighted by molar-refractivity contribution is -0.131. The van der Waals surface area contributed by atoms with Gasteiger partial charge in [-0.15, -0.1) is 0 Å². The second-order valence-corrected chi connectivity index (χ2v) is 7.95. The van der Waals surface area contributed by atoms with E-state index < -0.39 is 0 Å². The van der Waals surface area contributed by atoms with E-state index in [4.69, 9.17) is 0 Å². The number of aromatic nitrogens is 2. The van der Waals surface area contributed by atoms with Crippen LogP contribution < -0.4 is 0 Å². The molecule has 4 rings (SSSR count). The van der Waals surface area contributed by atoms with E-state index in [1.165, 1.54) is 22.9 Å². The first-order chi connectivity index (χ1) is 12.1. The summed E-state index contributed by atoms with van der Waals surface area (Å²) in [6.07, 6.45) is 4.39. The van der Waals surface area contributed by atoms with E-state index in [1.54, 1.807) is 0 Å². The summed E-state index contributed by atoms with van der Waals surface area (Å²) in [4.78, 5) is 24.0. The van der Waals surface area contributed by atoms with Gasteiger partial charge in [-0.1, -0.05) is 36.0 Å². The fourth-order valence-corrected chi connectivity index (χ4v) is 4.59. The Morgan fingerprint density at radius 3 is 2.60 bits per heavy atom. The first-order valence-corrected chi connectivity index (χ1v) is 9.94. The highest BCUT2D eigenvalue weighted by Gasteiger charge is 2.40. The number of fused-ring (bicyclic) bond motifs is 1. The fourth-order valence-electron chi connectivity index (χ4n) is 3.77. The van der Waals surface area contributed by atoms with Crippen LogP contribution >= 0.6 is 11.8 Å². The molecule has 0 spiro atoms. The van der Waals surface area contributed by atoms with Crippen molar-refractivity contribution < 1.29 is 4.79 Å². The normalized spacial score (nSPS) is 18.9. The molecule has 1 fully saturated rings. The predicted molar refractivity (Wildman–Crippen MR) is 99.6 cm³/mol. The maximum absolute atomic E-state index is 13.0. The number of hydrogen-bond donors (Lipinski definition) is 0. The molecule has 4 nitrogen and oxygen atoms in total. The van der Waals surface area contributed by atoms with Gasteiger partial charge >= 0.3 is 0 Å². The zero-order valence-corrected chi connectivity index (χ0v) is 15.6. The van der Waals surface area contributed by atoms with Gasteiger partial charge < -0.3 is 4.90 Å². The number of amides is 1. The Kier molecular flexibility index (Phi) is 4.50. The van der Waals surface area contributed by atoms with Crippen molar-refractivity contribution in [1.29, 1.82) is 0 Å². The number of rotatable bonds is 5. The molecule has 0 N–H and O–H groups in total. The minimum Gasteiger partial charge on any atom is -0.332 e. The molecule has 1 saturated carbocycles. The Labute approximate surface area is 153 Å². The van der Waals surface area contributed by atoms with Gasteiger partial charge in [-0.25, -0.2) is 9.97 Å². The van der Waals surface area contributed by atoms with E-state index in [-0.39, 0.29) is 11.9 Å². The Morgan fingerprint density at radius 1 is 1.16 bits per heavy atom. The molecule has 2 aromatic rings. The third-order valence-corrected chi connectivity index (χ3v) is 5.78. The minimum absolute atomic E-state index is 0.219. The molecule has 1 heterocycles. The average molecular weight is 353 g/mol. The highest BCUT2D eigenvalue weighted by atomic mass is 32.2. The van der Waals surface area contributed by atoms with Gasteiger partial charge in [0.2, 0.25) is 5.91 Å². The van der Waals surface area contributed by atoms with Crippen LogP contribution in [0.5, 0.6) is 0 Å². The second kappa shape index (κ2) is 6.79. The van der Waals surface area contributed by atoms with Crippen LogP contribution in [0.3, 0.4) is 0 Å². The molecule has 25 heavy (non-hydrogen) atoms. The number of aryl methyl sites for hydroxylation is 3. The average Bonchev–Trinajstić information content (AvgIpc) is 3.32. The lowest BCUT2D eigenvalue weighted by Gasteiger charge is -2.30. The monoisotopic (exact) mass is 353 g/mol. The molecule has 2 aliphatic rings. The summed E-state index contributed by atoms with van der Waals surface area (Å²) in [5.41, 5.74) is 4.64. The summed E-state index contributed by atoms with van der Waals surface area (Å²) < 4.78 is 0. The van der Waals surface area contributed by atoms with E-state index in [2.05, 4.69) is 39.1 Å². The summed E-state index contributed by atoms with van der Waals surface area (Å²) in [5, 5.41) is 0.702. The third kappa shape index (κ3) is 3.56. The molecule has 0 radical (unpaired) electrons. The van der Waals surface area contributed by atoms with Crippen molar-refractivity contribution in [2.45, 2.75) is 56.8 Å². The molecule has 1 aromatic carbocycles. The zero-order chi connectivity index (χ0) is 17.4. The van der Waals surface area contributed by atoms with Gasteiger partial charge in [-0.3, -0.25) is 4.79 Å². The molecule has 130 valence electrons. The Balaban J connectivity index is 1.49. The van der Waals surface area contributed by atoms with Crippen LogP contribution in [0.1, 0.15) is 47.8 Å². The van der Waals surface area contributed by atoms with Crippen LogP contribution in [-0.4, -0.2) is 32.6 Å². The largest absolute Gasteiger partial charge is 0.332 e. The Bertz CT molecular complexity index is 783. The molecular weight excluding hydrogens is 330 g/mol. The number of thioether (sulfide) groups is 1. The first kappa shape index (κ1) is 16.6. The van der Waals surface area contributed by atoms with Crippen molar-refractivity contribution in [2.75, 3.05) is 5.75 Å². The van der Waals surface area contributed by atoms with Crippen LogP contribution in [0, 0.1) is 13.8 Å². The highest BCUT2D eigenvalue weighted by Crippen LogP contribution is 2.42. The predicted octanol–water partition coefficient (Wildman–Crippen LogP) is 3.86. The first-order valence-electron chi connectivity index (χ1n) is 8.96. The molecule has 1 aromatic heterocycles. The molecule has 1 unspecified atom stereocenters. The fraction of sp³-hybridized carbons (Fsp3) is 0.450. The van der Waals surface area contributed by atoms with Crippen molar-refractivity contribution >= 4 is 17.7 Å². The maximum atomic E-state index is 13.0. The smallest absolute Gasteiger partial charge is 0.233 e. The second-order valence-electron chi connectivity index (χ2n) is 7.01. The van der Waals surface area contributed by atoms with Gasteiger partial charge in [-0.05, 0) is 56.7 Å². The van der Waals surface area contributed by atoms with Crippen molar-refractivity contribution in [3.63, 3.8) is 0 Å². The number of nitrogens with zero attached hydrogens (tertiary/aromatic N) is 3. The van der Waals surface area contributed by atoms with E-state index in [1.807, 2.05) is 19.9 Å². The molecule has 1 atom stereocenters. The van der Waals surface area contributed by atoms with Crippen LogP contribution in [0.2, 0.25) is 0 Å². The number of benzene rings is 1. The lowest BCUT2D eigenvalue weighted by atomic mass is 10.1. The minimum atomic E-state index is 0.219. The Morgan fingerprint density at radius 2 is 1.88 bits per heavy atom. The molecule has 0 aliphatic heterocycles. The quantitative estimate of drug-likeness (QED) is 0.605. The summed E-state index contributed by atoms with van der Waals surface area (Å²) in [6.45, 7) is 3.93. The maximum Gasteiger partial charge on any atom is 0.233 e. The van der Waals surface area contributed by atoms with E-state index in [0.717, 1.165) is 37.1 Å². The van der Waals surface area contributed by atoms with Gasteiger partial charge in [0.25, 0.3) is 0 Å². The lowest BCUT2D eigenvalue weighted by Crippen LogP contribution is -2.37. The van der Waals surface area contributed by atoms with Gasteiger partial charge in [0.1, 0.15) is 0 Å². The third-order valence-electron chi connectivity index (χ3n) is 4.95. The molecular formula is C20H23N3OS. The van der Waals surface area contributed by atoms with Crippen LogP contribution in [0.4, 0.5) is 0 Å². The zero-order valence-electron chi connectivity index (χ0n) is 14.7. The molecule has 2 aliphatic carbocycles. The molecule has 1 amide bonds. The van der Waals surface area contributed by atoms with Crippen molar-refractivity contribution in [3.05, 3.63) is 52.8 Å². The highest BCUT2D eigenvalue weighted by molar-refractivity contribution is 7.99. The number of carbonyl (C=O) groups excluding carboxylic acids is 1. The van der Waals surface area contributed by atoms with Gasteiger partial charge in [0.05, 0.1) is 11.8 Å². The number of carbonyl (C=O) groups is 1. The summed E-state index contributed by atoms with van der Waals surface area (Å²) >= 11 is 1.46. The topological polar surface area (TPSA) is 46.1 Å². The van der Waals surface area contributed by atoms with Crippen LogP contribution in [0.25, 0.3) is 0 Å². The van der Waals surface area contributed by atoms with Crippen LogP contribution in [0.15, 0.2) is 35.5 Å². The number of hydrogen-bond acceptors (Lipinski definition) is 4. The molecule has 5 heteroatoms. The van der Waals surface area contributed by atoms with E-state index >= 15 is 0 Å². The standard InChI is InChI=1S/C20H23N3OS/c1-13-11-14(2)22-20(21-13)25-12-19(24)23(16-8-9-16)18-10-7-15-5-3-4-6-17(15)18/h3-6,11,16,18H,7-10,12H2,1-2H3. The summed E-state index contributed by atoms with van der Waals surface area (Å²) in [5.74, 6) is 0.634. The van der Waals surface area contributed by atoms with Crippen molar-refractivity contribution in [3.8, 4) is 0 Å². The summed E-state index contributed by atoms with van der Waals surface area (Å²) in [6, 6.07) is 11.2. The van der Waals surface area contributed by atoms with Gasteiger partial charge in [0.15, 0.2) is 5.16 Å². The Hall–Kier alpha value is -1.88. The van der Waals surface area contributed by atoms with Crippen molar-refractivity contribution in [1.82, 2.24) is 14.9 Å². The van der Waals surface area contributed by atoms with Crippen molar-refractivity contribution in [2.24, 2.45) is 0 Å². The van der Waals surface area contributed by atoms with Crippen LogP contribution in [-0.2, 0) is 11.2 Å². The van der Waals surface area contributed by atoms with E-state index in [9.17, 15) is 4.79 Å². The van der Waals surface area contributed by atoms with E-state index in [0.29, 0.717) is 17.0 Å². The SMILES string of the molecule is Cc1cc(C)nc(SCC(=O)N(C2CC2)C2CCc3ccccc32)n1. The van der Waals surface area contributed by atoms with Gasteiger partial charge in [0, 0.05) is 17.4 Å².